The van der Waals surface area contributed by atoms with Gasteiger partial charge in [-0.1, -0.05) is 36.4 Å². The average molecular weight is 381 g/mol. The predicted molar refractivity (Wildman–Crippen MR) is 110 cm³/mol. The van der Waals surface area contributed by atoms with Crippen LogP contribution in [0.4, 0.5) is 4.79 Å². The van der Waals surface area contributed by atoms with Crippen LogP contribution in [0.1, 0.15) is 56.2 Å². The maximum Gasteiger partial charge on any atom is 0.407 e. The molecular weight excluding hydrogens is 348 g/mol. The maximum absolute atomic E-state index is 12.0. The van der Waals surface area contributed by atoms with Gasteiger partial charge in [-0.15, -0.1) is 0 Å². The summed E-state index contributed by atoms with van der Waals surface area (Å²) in [6, 6.07) is 8.81. The van der Waals surface area contributed by atoms with Crippen LogP contribution in [0.2, 0.25) is 0 Å². The summed E-state index contributed by atoms with van der Waals surface area (Å²) in [5.74, 6) is 2.58. The second-order valence-electron chi connectivity index (χ2n) is 9.33. The molecule has 4 atom stereocenters. The van der Waals surface area contributed by atoms with Gasteiger partial charge in [-0.3, -0.25) is 0 Å². The van der Waals surface area contributed by atoms with E-state index in [0.29, 0.717) is 6.61 Å². The van der Waals surface area contributed by atoms with Crippen LogP contribution in [-0.4, -0.2) is 37.2 Å². The predicted octanol–water partition coefficient (Wildman–Crippen LogP) is 4.42. The molecule has 0 radical (unpaired) electrons. The maximum atomic E-state index is 12.0. The van der Waals surface area contributed by atoms with Gasteiger partial charge in [0.25, 0.3) is 0 Å². The van der Waals surface area contributed by atoms with Gasteiger partial charge in [-0.25, -0.2) is 4.79 Å². The molecule has 2 fully saturated rings. The van der Waals surface area contributed by atoms with Crippen LogP contribution in [0.25, 0.3) is 0 Å². The molecule has 0 unspecified atom stereocenters. The molecule has 1 aromatic rings. The number of allylic oxidation sites excluding steroid dienone is 2. The zero-order chi connectivity index (χ0) is 19.1. The van der Waals surface area contributed by atoms with Crippen LogP contribution in [0.15, 0.2) is 36.4 Å². The molecule has 1 saturated heterocycles. The van der Waals surface area contributed by atoms with Gasteiger partial charge in [0.15, 0.2) is 0 Å². The molecule has 2 bridgehead atoms. The number of piperidine rings is 1. The molecule has 4 aliphatic rings. The van der Waals surface area contributed by atoms with E-state index >= 15 is 0 Å². The number of alkyl carbamates (subject to hydrolysis) is 1. The molecule has 1 aliphatic heterocycles. The van der Waals surface area contributed by atoms with Gasteiger partial charge >= 0.3 is 6.09 Å². The van der Waals surface area contributed by atoms with Crippen LogP contribution in [0.3, 0.4) is 0 Å². The molecule has 4 heteroatoms. The smallest absolute Gasteiger partial charge is 0.407 e. The highest BCUT2D eigenvalue weighted by Gasteiger charge is 2.46. The fourth-order valence-corrected chi connectivity index (χ4v) is 6.41. The summed E-state index contributed by atoms with van der Waals surface area (Å²) in [5.41, 5.74) is 2.97. The van der Waals surface area contributed by atoms with E-state index in [-0.39, 0.29) is 17.6 Å². The number of amides is 1. The zero-order valence-corrected chi connectivity index (χ0v) is 16.9. The second-order valence-corrected chi connectivity index (χ2v) is 9.33. The molecule has 150 valence electrons. The van der Waals surface area contributed by atoms with E-state index in [1.807, 2.05) is 6.92 Å². The first-order valence-electron chi connectivity index (χ1n) is 11.1. The number of fused-ring (bicyclic) bond motifs is 4. The quantitative estimate of drug-likeness (QED) is 0.786. The minimum absolute atomic E-state index is 0.0810. The Morgan fingerprint density at radius 2 is 2.04 bits per heavy atom. The highest BCUT2D eigenvalue weighted by Crippen LogP contribution is 2.51. The van der Waals surface area contributed by atoms with Crippen molar-refractivity contribution in [3.05, 3.63) is 47.5 Å². The summed E-state index contributed by atoms with van der Waals surface area (Å²) in [7, 11) is 0. The van der Waals surface area contributed by atoms with Crippen LogP contribution in [-0.2, 0) is 10.2 Å². The third-order valence-electron chi connectivity index (χ3n) is 7.79. The average Bonchev–Trinajstić information content (AvgIpc) is 3.39. The largest absolute Gasteiger partial charge is 0.450 e. The summed E-state index contributed by atoms with van der Waals surface area (Å²) in [6.45, 7) is 5.90. The molecule has 3 aliphatic carbocycles. The molecule has 1 saturated carbocycles. The molecule has 1 amide bonds. The molecule has 0 aromatic heterocycles. The summed E-state index contributed by atoms with van der Waals surface area (Å²) in [5, 5.41) is 3.11. The van der Waals surface area contributed by atoms with Gasteiger partial charge < -0.3 is 15.0 Å². The summed E-state index contributed by atoms with van der Waals surface area (Å²) in [6.07, 6.45) is 10.8. The molecule has 28 heavy (non-hydrogen) atoms. The van der Waals surface area contributed by atoms with Gasteiger partial charge in [0.1, 0.15) is 0 Å². The van der Waals surface area contributed by atoms with E-state index in [2.05, 4.69) is 46.6 Å². The first-order valence-corrected chi connectivity index (χ1v) is 11.1. The Hall–Kier alpha value is -1.81. The van der Waals surface area contributed by atoms with Gasteiger partial charge in [0.2, 0.25) is 0 Å². The van der Waals surface area contributed by atoms with E-state index in [0.717, 1.165) is 24.2 Å². The second kappa shape index (κ2) is 7.22. The highest BCUT2D eigenvalue weighted by atomic mass is 16.5. The number of hydrogen-bond acceptors (Lipinski definition) is 3. The highest BCUT2D eigenvalue weighted by molar-refractivity contribution is 5.68. The normalized spacial score (nSPS) is 32.6. The molecule has 5 rings (SSSR count). The number of hydrogen-bond donors (Lipinski definition) is 1. The SMILES string of the molecule is CCOC(=O)N[C@H]1CC2(CCN(C[C@H]3C[C@H]4C=C[C@H]3C4)CC2)c2ccccc21. The fraction of sp³-hybridized carbons (Fsp3) is 0.625. The van der Waals surface area contributed by atoms with Gasteiger partial charge in [-0.2, -0.15) is 0 Å². The van der Waals surface area contributed by atoms with E-state index in [4.69, 9.17) is 4.74 Å². The Morgan fingerprint density at radius 3 is 2.75 bits per heavy atom. The number of benzene rings is 1. The Morgan fingerprint density at radius 1 is 1.21 bits per heavy atom. The fourth-order valence-electron chi connectivity index (χ4n) is 6.41. The van der Waals surface area contributed by atoms with E-state index in [1.54, 1.807) is 0 Å². The van der Waals surface area contributed by atoms with Crippen molar-refractivity contribution in [2.24, 2.45) is 17.8 Å². The zero-order valence-electron chi connectivity index (χ0n) is 16.9. The lowest BCUT2D eigenvalue weighted by atomic mass is 9.73. The minimum Gasteiger partial charge on any atom is -0.450 e. The number of ether oxygens (including phenoxy) is 1. The lowest BCUT2D eigenvalue weighted by molar-refractivity contribution is 0.124. The monoisotopic (exact) mass is 380 g/mol. The molecule has 1 heterocycles. The number of carbonyl (C=O) groups is 1. The van der Waals surface area contributed by atoms with Crippen LogP contribution in [0, 0.1) is 17.8 Å². The topological polar surface area (TPSA) is 41.6 Å². The number of likely N-dealkylation sites (tertiary alicyclic amines) is 1. The number of nitrogens with zero attached hydrogens (tertiary/aromatic N) is 1. The third kappa shape index (κ3) is 3.16. The van der Waals surface area contributed by atoms with Crippen molar-refractivity contribution < 1.29 is 9.53 Å². The van der Waals surface area contributed by atoms with Gasteiger partial charge in [0, 0.05) is 12.0 Å². The molecule has 1 spiro atoms. The Bertz CT molecular complexity index is 766. The number of nitrogens with one attached hydrogen (secondary N) is 1. The Balaban J connectivity index is 1.26. The van der Waals surface area contributed by atoms with Crippen molar-refractivity contribution in [1.29, 1.82) is 0 Å². The van der Waals surface area contributed by atoms with Crippen molar-refractivity contribution in [1.82, 2.24) is 10.2 Å². The van der Waals surface area contributed by atoms with E-state index in [9.17, 15) is 4.79 Å². The van der Waals surface area contributed by atoms with Crippen molar-refractivity contribution in [2.45, 2.75) is 50.5 Å². The standard InChI is InChI=1S/C24H32N2O2/c1-2-28-23(27)25-22-15-24(21-6-4-3-5-20(21)22)9-11-26(12-10-24)16-19-14-17-7-8-18(19)13-17/h3-8,17-19,22H,2,9-16H2,1H3,(H,25,27)/t17-,18-,19+,22-/m0/s1. The minimum atomic E-state index is -0.291. The van der Waals surface area contributed by atoms with E-state index in [1.165, 1.54) is 56.4 Å². The molecular formula is C24H32N2O2. The van der Waals surface area contributed by atoms with Crippen molar-refractivity contribution >= 4 is 6.09 Å². The Labute approximate surface area is 168 Å². The summed E-state index contributed by atoms with van der Waals surface area (Å²) in [4.78, 5) is 14.7. The summed E-state index contributed by atoms with van der Waals surface area (Å²) < 4.78 is 5.15. The van der Waals surface area contributed by atoms with Crippen LogP contribution >= 0.6 is 0 Å². The van der Waals surface area contributed by atoms with Crippen LogP contribution < -0.4 is 5.32 Å². The van der Waals surface area contributed by atoms with E-state index < -0.39 is 0 Å². The third-order valence-corrected chi connectivity index (χ3v) is 7.79. The lowest BCUT2D eigenvalue weighted by Gasteiger charge is -2.41. The first-order chi connectivity index (χ1) is 13.7. The molecule has 4 nitrogen and oxygen atoms in total. The Kier molecular flexibility index (Phi) is 4.70. The van der Waals surface area contributed by atoms with Crippen molar-refractivity contribution in [3.8, 4) is 0 Å². The lowest BCUT2D eigenvalue weighted by Crippen LogP contribution is -2.44. The van der Waals surface area contributed by atoms with Crippen molar-refractivity contribution in [2.75, 3.05) is 26.2 Å². The first kappa shape index (κ1) is 18.2. The molecule has 1 N–H and O–H groups in total. The van der Waals surface area contributed by atoms with Crippen molar-refractivity contribution in [3.63, 3.8) is 0 Å². The number of carbonyl (C=O) groups excluding carboxylic acids is 1. The van der Waals surface area contributed by atoms with Crippen LogP contribution in [0.5, 0.6) is 0 Å². The number of rotatable bonds is 4. The van der Waals surface area contributed by atoms with Gasteiger partial charge in [0.05, 0.1) is 12.6 Å². The molecule has 1 aromatic carbocycles. The summed E-state index contributed by atoms with van der Waals surface area (Å²) >= 11 is 0. The van der Waals surface area contributed by atoms with Gasteiger partial charge in [-0.05, 0) is 81.0 Å².